The lowest BCUT2D eigenvalue weighted by atomic mass is 10.2. The van der Waals surface area contributed by atoms with Gasteiger partial charge in [-0.1, -0.05) is 26.0 Å². The van der Waals surface area contributed by atoms with Crippen LogP contribution in [0.2, 0.25) is 0 Å². The van der Waals surface area contributed by atoms with Crippen LogP contribution in [0.15, 0.2) is 34.2 Å². The lowest BCUT2D eigenvalue weighted by Crippen LogP contribution is -2.30. The molecule has 0 aliphatic carbocycles. The molecule has 3 N–H and O–H groups in total. The van der Waals surface area contributed by atoms with Gasteiger partial charge in [-0.3, -0.25) is 14.3 Å². The Bertz CT molecular complexity index is 884. The van der Waals surface area contributed by atoms with Crippen LogP contribution in [0.5, 0.6) is 5.88 Å². The first-order valence-electron chi connectivity index (χ1n) is 8.61. The molecule has 1 aromatic carbocycles. The fraction of sp³-hybridized carbons (Fsp3) is 0.389. The molecular weight excluding hydrogens is 350 g/mol. The van der Waals surface area contributed by atoms with Gasteiger partial charge in [0.05, 0.1) is 11.9 Å². The van der Waals surface area contributed by atoms with E-state index in [0.717, 1.165) is 25.2 Å². The third kappa shape index (κ3) is 4.80. The molecule has 0 aliphatic heterocycles. The maximum atomic E-state index is 12.2. The zero-order valence-corrected chi connectivity index (χ0v) is 16.1. The highest BCUT2D eigenvalue weighted by molar-refractivity contribution is 7.71. The second-order valence-electron chi connectivity index (χ2n) is 5.86. The van der Waals surface area contributed by atoms with Gasteiger partial charge >= 0.3 is 0 Å². The van der Waals surface area contributed by atoms with Crippen LogP contribution in [-0.4, -0.2) is 52.0 Å². The molecule has 0 bridgehead atoms. The topological polar surface area (TPSA) is 85.7 Å². The van der Waals surface area contributed by atoms with Crippen molar-refractivity contribution < 1.29 is 5.11 Å². The van der Waals surface area contributed by atoms with Crippen molar-refractivity contribution in [3.63, 3.8) is 0 Å². The molecule has 0 atom stereocenters. The highest BCUT2D eigenvalue weighted by Crippen LogP contribution is 2.19. The summed E-state index contributed by atoms with van der Waals surface area (Å²) in [5.41, 5.74) is 4.16. The number of aromatic amines is 1. The van der Waals surface area contributed by atoms with Crippen molar-refractivity contribution in [3.05, 3.63) is 50.5 Å². The van der Waals surface area contributed by atoms with Crippen molar-refractivity contribution in [2.45, 2.75) is 20.8 Å². The minimum atomic E-state index is -0.481. The van der Waals surface area contributed by atoms with Gasteiger partial charge in [0.25, 0.3) is 5.56 Å². The third-order valence-electron chi connectivity index (χ3n) is 4.10. The second kappa shape index (κ2) is 9.30. The highest BCUT2D eigenvalue weighted by atomic mass is 32.1. The molecule has 0 saturated carbocycles. The highest BCUT2D eigenvalue weighted by Gasteiger charge is 2.12. The van der Waals surface area contributed by atoms with E-state index in [1.807, 2.05) is 31.2 Å². The fourth-order valence-electron chi connectivity index (χ4n) is 2.58. The molecule has 140 valence electrons. The van der Waals surface area contributed by atoms with E-state index in [2.05, 4.69) is 34.3 Å². The van der Waals surface area contributed by atoms with Gasteiger partial charge in [-0.05, 0) is 49.9 Å². The first-order chi connectivity index (χ1) is 12.5. The van der Waals surface area contributed by atoms with E-state index < -0.39 is 5.56 Å². The van der Waals surface area contributed by atoms with Crippen LogP contribution >= 0.6 is 12.2 Å². The Hall–Kier alpha value is -2.45. The Morgan fingerprint density at radius 1 is 1.38 bits per heavy atom. The molecule has 1 aromatic heterocycles. The van der Waals surface area contributed by atoms with Gasteiger partial charge < -0.3 is 15.4 Å². The average molecular weight is 375 g/mol. The Balaban J connectivity index is 2.24. The van der Waals surface area contributed by atoms with Gasteiger partial charge in [-0.2, -0.15) is 5.10 Å². The molecule has 0 fully saturated rings. The van der Waals surface area contributed by atoms with Crippen LogP contribution in [0.4, 0.5) is 0 Å². The monoisotopic (exact) mass is 375 g/mol. The number of hydrogen-bond donors (Lipinski definition) is 3. The molecule has 0 unspecified atom stereocenters. The number of H-pyrrole nitrogens is 1. The molecule has 7 nitrogen and oxygen atoms in total. The molecule has 0 radical (unpaired) electrons. The molecule has 0 amide bonds. The van der Waals surface area contributed by atoms with E-state index in [-0.39, 0.29) is 16.2 Å². The third-order valence-corrected chi connectivity index (χ3v) is 4.38. The van der Waals surface area contributed by atoms with Gasteiger partial charge in [0, 0.05) is 13.1 Å². The average Bonchev–Trinajstić information content (AvgIpc) is 2.60. The lowest BCUT2D eigenvalue weighted by molar-refractivity contribution is 0.303. The van der Waals surface area contributed by atoms with E-state index in [4.69, 9.17) is 12.2 Å². The number of nitrogens with one attached hydrogen (secondary N) is 2. The number of benzene rings is 1. The lowest BCUT2D eigenvalue weighted by Gasteiger charge is -2.17. The van der Waals surface area contributed by atoms with E-state index in [9.17, 15) is 9.90 Å². The summed E-state index contributed by atoms with van der Waals surface area (Å²) in [7, 11) is 0. The van der Waals surface area contributed by atoms with Crippen molar-refractivity contribution in [2.24, 2.45) is 5.10 Å². The van der Waals surface area contributed by atoms with Crippen molar-refractivity contribution >= 4 is 18.4 Å². The predicted octanol–water partition coefficient (Wildman–Crippen LogP) is 2.17. The summed E-state index contributed by atoms with van der Waals surface area (Å²) < 4.78 is 1.55. The second-order valence-corrected chi connectivity index (χ2v) is 6.25. The quantitative estimate of drug-likeness (QED) is 0.285. The summed E-state index contributed by atoms with van der Waals surface area (Å²) >= 11 is 5.20. The summed E-state index contributed by atoms with van der Waals surface area (Å²) in [5.74, 6) is -0.237. The Morgan fingerprint density at radius 3 is 2.77 bits per heavy atom. The summed E-state index contributed by atoms with van der Waals surface area (Å²) in [6.45, 7) is 9.58. The number of hydrogen-bond acceptors (Lipinski definition) is 6. The van der Waals surface area contributed by atoms with Gasteiger partial charge in [-0.15, -0.1) is 0 Å². The smallest absolute Gasteiger partial charge is 0.264 e. The fourth-order valence-corrected chi connectivity index (χ4v) is 2.87. The van der Waals surface area contributed by atoms with Crippen molar-refractivity contribution in [1.29, 1.82) is 0 Å². The molecule has 2 rings (SSSR count). The number of likely N-dealkylation sites (N-methyl/N-ethyl adjacent to an activating group) is 1. The zero-order valence-electron chi connectivity index (χ0n) is 15.3. The molecular formula is C18H25N5O2S. The van der Waals surface area contributed by atoms with Crippen molar-refractivity contribution in [1.82, 2.24) is 19.9 Å². The van der Waals surface area contributed by atoms with E-state index in [1.165, 1.54) is 10.8 Å². The van der Waals surface area contributed by atoms with E-state index >= 15 is 0 Å². The number of aromatic hydroxyl groups is 1. The first kappa shape index (κ1) is 19.9. The summed E-state index contributed by atoms with van der Waals surface area (Å²) in [5, 5.41) is 14.6. The van der Waals surface area contributed by atoms with E-state index in [1.54, 1.807) is 0 Å². The zero-order chi connectivity index (χ0) is 19.1. The SMILES string of the molecule is CCN(CC)CCN/N=C/c1c(O)n(-c2cccc(C)c2)c(=S)[nH]c1=O. The van der Waals surface area contributed by atoms with Gasteiger partial charge in [0.15, 0.2) is 4.77 Å². The van der Waals surface area contributed by atoms with Gasteiger partial charge in [0.1, 0.15) is 5.56 Å². The predicted molar refractivity (Wildman–Crippen MR) is 107 cm³/mol. The maximum Gasteiger partial charge on any atom is 0.264 e. The number of aryl methyl sites for hydroxylation is 1. The van der Waals surface area contributed by atoms with Crippen LogP contribution in [0, 0.1) is 11.7 Å². The molecule has 0 saturated heterocycles. The van der Waals surface area contributed by atoms with Gasteiger partial charge in [-0.25, -0.2) is 0 Å². The number of hydrazone groups is 1. The first-order valence-corrected chi connectivity index (χ1v) is 9.02. The summed E-state index contributed by atoms with van der Waals surface area (Å²) in [6.07, 6.45) is 1.32. The largest absolute Gasteiger partial charge is 0.494 e. The van der Waals surface area contributed by atoms with Crippen LogP contribution in [0.25, 0.3) is 5.69 Å². The molecule has 0 aliphatic rings. The Morgan fingerprint density at radius 2 is 2.12 bits per heavy atom. The molecule has 2 aromatic rings. The van der Waals surface area contributed by atoms with Crippen LogP contribution in [0.1, 0.15) is 25.0 Å². The summed E-state index contributed by atoms with van der Waals surface area (Å²) in [6, 6.07) is 7.48. The van der Waals surface area contributed by atoms with E-state index in [0.29, 0.717) is 12.2 Å². The standard InChI is InChI=1S/C18H25N5O2S/c1-4-22(5-2)10-9-19-20-12-15-16(24)21-18(26)23(17(15)25)14-8-6-7-13(3)11-14/h6-8,11-12,19,25H,4-5,9-10H2,1-3H3,(H,21,24,26)/b20-12+. The normalized spacial score (nSPS) is 11.4. The Labute approximate surface area is 158 Å². The number of rotatable bonds is 8. The van der Waals surface area contributed by atoms with Crippen LogP contribution < -0.4 is 11.0 Å². The van der Waals surface area contributed by atoms with Crippen LogP contribution in [0.3, 0.4) is 0 Å². The van der Waals surface area contributed by atoms with Crippen LogP contribution in [-0.2, 0) is 0 Å². The minimum absolute atomic E-state index is 0.0513. The maximum absolute atomic E-state index is 12.2. The number of nitrogens with zero attached hydrogens (tertiary/aromatic N) is 3. The van der Waals surface area contributed by atoms with Gasteiger partial charge in [0.2, 0.25) is 5.88 Å². The molecule has 8 heteroatoms. The Kier molecular flexibility index (Phi) is 7.11. The molecule has 1 heterocycles. The summed E-state index contributed by atoms with van der Waals surface area (Å²) in [4.78, 5) is 17.0. The molecule has 26 heavy (non-hydrogen) atoms. The minimum Gasteiger partial charge on any atom is -0.494 e. The number of aromatic nitrogens is 2. The molecule has 0 spiro atoms. The van der Waals surface area contributed by atoms with Crippen molar-refractivity contribution in [3.8, 4) is 11.6 Å². The van der Waals surface area contributed by atoms with Crippen molar-refractivity contribution in [2.75, 3.05) is 26.2 Å².